The van der Waals surface area contributed by atoms with Crippen molar-refractivity contribution < 1.29 is 5.11 Å². The second kappa shape index (κ2) is 5.51. The molecule has 6 nitrogen and oxygen atoms in total. The molecule has 4 N–H and O–H groups in total. The molecule has 1 unspecified atom stereocenters. The molecule has 1 heterocycles. The molecule has 0 spiro atoms. The van der Waals surface area contributed by atoms with Crippen molar-refractivity contribution in [1.82, 2.24) is 15.0 Å². The van der Waals surface area contributed by atoms with E-state index in [4.69, 9.17) is 17.3 Å². The molecule has 0 fully saturated rings. The lowest BCUT2D eigenvalue weighted by Gasteiger charge is -2.22. The predicted octanol–water partition coefficient (Wildman–Crippen LogP) is 0.633. The number of rotatable bonds is 5. The summed E-state index contributed by atoms with van der Waals surface area (Å²) >= 11 is 7.17. The summed E-state index contributed by atoms with van der Waals surface area (Å²) in [6, 6.07) is 0. The smallest absolute Gasteiger partial charge is 0.228 e. The van der Waals surface area contributed by atoms with Gasteiger partial charge in [0, 0.05) is 12.3 Å². The van der Waals surface area contributed by atoms with Gasteiger partial charge < -0.3 is 16.2 Å². The maximum Gasteiger partial charge on any atom is 0.228 e. The number of nitrogens with one attached hydrogen (secondary N) is 1. The monoisotopic (exact) mass is 263 g/mol. The first kappa shape index (κ1) is 13.3. The van der Waals surface area contributed by atoms with Gasteiger partial charge in [0.15, 0.2) is 0 Å². The van der Waals surface area contributed by atoms with E-state index in [-0.39, 0.29) is 17.2 Å². The van der Waals surface area contributed by atoms with Crippen molar-refractivity contribution in [1.29, 1.82) is 0 Å². The van der Waals surface area contributed by atoms with Crippen LogP contribution in [-0.4, -0.2) is 44.2 Å². The number of nitrogen functional groups attached to an aromatic ring is 1. The summed E-state index contributed by atoms with van der Waals surface area (Å²) in [7, 11) is 0. The normalized spacial score (nSPS) is 14.5. The van der Waals surface area contributed by atoms with E-state index in [1.807, 2.05) is 6.26 Å². The van der Waals surface area contributed by atoms with E-state index in [9.17, 15) is 5.11 Å². The molecule has 0 aliphatic carbocycles. The Morgan fingerprint density at radius 1 is 1.50 bits per heavy atom. The van der Waals surface area contributed by atoms with E-state index in [1.54, 1.807) is 18.7 Å². The van der Waals surface area contributed by atoms with Crippen LogP contribution in [0.15, 0.2) is 0 Å². The van der Waals surface area contributed by atoms with Gasteiger partial charge in [0.1, 0.15) is 0 Å². The lowest BCUT2D eigenvalue weighted by molar-refractivity contribution is 0.0995. The number of aromatic nitrogens is 3. The molecular weight excluding hydrogens is 250 g/mol. The van der Waals surface area contributed by atoms with E-state index in [0.29, 0.717) is 12.3 Å². The highest BCUT2D eigenvalue weighted by Crippen LogP contribution is 2.12. The summed E-state index contributed by atoms with van der Waals surface area (Å²) < 4.78 is 0. The zero-order chi connectivity index (χ0) is 12.2. The molecule has 1 rings (SSSR count). The first-order chi connectivity index (χ1) is 7.43. The Labute approximate surface area is 103 Å². The van der Waals surface area contributed by atoms with Crippen molar-refractivity contribution >= 4 is 35.3 Å². The molecule has 0 saturated carbocycles. The molecule has 16 heavy (non-hydrogen) atoms. The number of thioether (sulfide) groups is 1. The SMILES string of the molecule is CSCC(C)(O)CNc1nc(N)nc(Cl)n1. The van der Waals surface area contributed by atoms with Gasteiger partial charge in [-0.15, -0.1) is 0 Å². The number of hydrogen-bond donors (Lipinski definition) is 3. The van der Waals surface area contributed by atoms with Crippen LogP contribution >= 0.6 is 23.4 Å². The Hall–Kier alpha value is -0.790. The maximum absolute atomic E-state index is 9.90. The molecule has 90 valence electrons. The van der Waals surface area contributed by atoms with Crippen LogP contribution in [0.2, 0.25) is 5.28 Å². The molecule has 0 aliphatic rings. The summed E-state index contributed by atoms with van der Waals surface area (Å²) in [4.78, 5) is 11.3. The average Bonchev–Trinajstić information content (AvgIpc) is 2.13. The summed E-state index contributed by atoms with van der Waals surface area (Å²) in [5.74, 6) is 0.916. The van der Waals surface area contributed by atoms with E-state index in [2.05, 4.69) is 20.3 Å². The molecule has 0 radical (unpaired) electrons. The third-order valence-corrected chi connectivity index (χ3v) is 2.79. The van der Waals surface area contributed by atoms with Crippen LogP contribution in [0.3, 0.4) is 0 Å². The van der Waals surface area contributed by atoms with Crippen molar-refractivity contribution in [3.05, 3.63) is 5.28 Å². The van der Waals surface area contributed by atoms with Crippen LogP contribution in [0.4, 0.5) is 11.9 Å². The first-order valence-corrected chi connectivity index (χ1v) is 6.32. The van der Waals surface area contributed by atoms with Gasteiger partial charge in [-0.3, -0.25) is 0 Å². The third kappa shape index (κ3) is 4.38. The number of halogens is 1. The van der Waals surface area contributed by atoms with Gasteiger partial charge in [0.05, 0.1) is 5.60 Å². The van der Waals surface area contributed by atoms with Crippen LogP contribution in [0, 0.1) is 0 Å². The van der Waals surface area contributed by atoms with E-state index < -0.39 is 5.60 Å². The number of nitrogens with zero attached hydrogens (tertiary/aromatic N) is 3. The van der Waals surface area contributed by atoms with Crippen LogP contribution in [0.25, 0.3) is 0 Å². The molecule has 8 heteroatoms. The quantitative estimate of drug-likeness (QED) is 0.717. The molecule has 0 aromatic carbocycles. The van der Waals surface area contributed by atoms with E-state index >= 15 is 0 Å². The largest absolute Gasteiger partial charge is 0.387 e. The van der Waals surface area contributed by atoms with Crippen LogP contribution in [-0.2, 0) is 0 Å². The number of aliphatic hydroxyl groups is 1. The molecule has 1 aromatic heterocycles. The summed E-state index contributed by atoms with van der Waals surface area (Å²) in [5, 5.41) is 12.8. The van der Waals surface area contributed by atoms with Crippen molar-refractivity contribution in [3.63, 3.8) is 0 Å². The highest BCUT2D eigenvalue weighted by molar-refractivity contribution is 7.98. The Morgan fingerprint density at radius 2 is 2.19 bits per heavy atom. The molecule has 0 aliphatic heterocycles. The van der Waals surface area contributed by atoms with E-state index in [0.717, 1.165) is 0 Å². The fourth-order valence-corrected chi connectivity index (χ4v) is 1.97. The molecule has 1 aromatic rings. The number of nitrogens with two attached hydrogens (primary N) is 1. The fourth-order valence-electron chi connectivity index (χ4n) is 1.08. The van der Waals surface area contributed by atoms with Gasteiger partial charge in [0.2, 0.25) is 17.2 Å². The Bertz CT molecular complexity index is 342. The highest BCUT2D eigenvalue weighted by Gasteiger charge is 2.19. The molecule has 0 bridgehead atoms. The minimum atomic E-state index is -0.840. The van der Waals surface area contributed by atoms with E-state index in [1.165, 1.54) is 0 Å². The minimum Gasteiger partial charge on any atom is -0.387 e. The number of anilines is 2. The molecule has 0 amide bonds. The molecular formula is C8H14ClN5OS. The van der Waals surface area contributed by atoms with Crippen LogP contribution in [0.1, 0.15) is 6.92 Å². The van der Waals surface area contributed by atoms with Gasteiger partial charge in [-0.25, -0.2) is 0 Å². The predicted molar refractivity (Wildman–Crippen MR) is 66.7 cm³/mol. The minimum absolute atomic E-state index is 0.0273. The fraction of sp³-hybridized carbons (Fsp3) is 0.625. The van der Waals surface area contributed by atoms with Gasteiger partial charge in [-0.05, 0) is 24.8 Å². The van der Waals surface area contributed by atoms with Crippen molar-refractivity contribution in [3.8, 4) is 0 Å². The second-order valence-corrected chi connectivity index (χ2v) is 4.77. The summed E-state index contributed by atoms with van der Waals surface area (Å²) in [5.41, 5.74) is 4.56. The zero-order valence-corrected chi connectivity index (χ0v) is 10.6. The van der Waals surface area contributed by atoms with Crippen molar-refractivity contribution in [2.75, 3.05) is 29.6 Å². The van der Waals surface area contributed by atoms with Gasteiger partial charge >= 0.3 is 0 Å². The lowest BCUT2D eigenvalue weighted by atomic mass is 10.1. The molecule has 1 atom stereocenters. The summed E-state index contributed by atoms with van der Waals surface area (Å²) in [6.07, 6.45) is 1.92. The van der Waals surface area contributed by atoms with Gasteiger partial charge in [0.25, 0.3) is 0 Å². The second-order valence-electron chi connectivity index (χ2n) is 3.57. The first-order valence-electron chi connectivity index (χ1n) is 4.55. The standard InChI is InChI=1S/C8H14ClN5OS/c1-8(15,4-16-2)3-11-7-13-5(9)12-6(10)14-7/h15H,3-4H2,1-2H3,(H3,10,11,12,13,14). The summed E-state index contributed by atoms with van der Waals surface area (Å²) in [6.45, 7) is 2.04. The van der Waals surface area contributed by atoms with Crippen molar-refractivity contribution in [2.45, 2.75) is 12.5 Å². The average molecular weight is 264 g/mol. The third-order valence-electron chi connectivity index (χ3n) is 1.71. The Balaban J connectivity index is 2.60. The van der Waals surface area contributed by atoms with Crippen LogP contribution < -0.4 is 11.1 Å². The van der Waals surface area contributed by atoms with Crippen LogP contribution in [0.5, 0.6) is 0 Å². The zero-order valence-electron chi connectivity index (χ0n) is 9.07. The molecule has 0 saturated heterocycles. The van der Waals surface area contributed by atoms with Gasteiger partial charge in [-0.1, -0.05) is 0 Å². The highest BCUT2D eigenvalue weighted by atomic mass is 35.5. The number of hydrogen-bond acceptors (Lipinski definition) is 7. The van der Waals surface area contributed by atoms with Crippen molar-refractivity contribution in [2.24, 2.45) is 0 Å². The Kier molecular flexibility index (Phi) is 4.57. The topological polar surface area (TPSA) is 97.0 Å². The Morgan fingerprint density at radius 3 is 2.75 bits per heavy atom. The van der Waals surface area contributed by atoms with Gasteiger partial charge in [-0.2, -0.15) is 26.7 Å². The maximum atomic E-state index is 9.90. The lowest BCUT2D eigenvalue weighted by Crippen LogP contribution is -2.36.